The second-order valence-electron chi connectivity index (χ2n) is 19.8. The quantitative estimate of drug-likeness (QED) is 0.249. The molecule has 7 heteroatoms. The molecule has 1 aromatic carbocycles. The Balaban J connectivity index is 1.22. The summed E-state index contributed by atoms with van der Waals surface area (Å²) < 4.78 is 5.28. The van der Waals surface area contributed by atoms with E-state index in [0.717, 1.165) is 68.9 Å². The van der Waals surface area contributed by atoms with Crippen LogP contribution in [0.2, 0.25) is 0 Å². The summed E-state index contributed by atoms with van der Waals surface area (Å²) in [5.74, 6) is 1.03. The minimum absolute atomic E-state index is 0.00992. The van der Waals surface area contributed by atoms with Gasteiger partial charge in [-0.1, -0.05) is 78.7 Å². The zero-order chi connectivity index (χ0) is 38.3. The number of carboxylic acid groups (broad SMARTS) is 1. The SMILES string of the molecule is COCC(=O)N(CC1CCC1)C[C@H](O)[C@@]12CC[C@]3(C)[C@H](CC[C@@H]4[C@@]5(C)CC=C(c6ccc(C(=O)O)cc6)C(C)(C)[C@@H]5CC[C@]43C)C1=C(C(C)C)C(=O)C2. The van der Waals surface area contributed by atoms with Gasteiger partial charge in [0.25, 0.3) is 0 Å². The third kappa shape index (κ3) is 5.75. The molecule has 0 aromatic heterocycles. The first kappa shape index (κ1) is 38.5. The molecule has 8 atom stereocenters. The average molecular weight is 728 g/mol. The van der Waals surface area contributed by atoms with Crippen LogP contribution in [0.15, 0.2) is 41.5 Å². The van der Waals surface area contributed by atoms with Gasteiger partial charge in [0.1, 0.15) is 6.61 Å². The Kier molecular flexibility index (Phi) is 9.78. The van der Waals surface area contributed by atoms with Gasteiger partial charge in [0.15, 0.2) is 5.78 Å². The normalized spacial score (nSPS) is 36.8. The van der Waals surface area contributed by atoms with Gasteiger partial charge in [-0.25, -0.2) is 4.79 Å². The van der Waals surface area contributed by atoms with Crippen LogP contribution in [0.4, 0.5) is 0 Å². The maximum absolute atomic E-state index is 14.2. The zero-order valence-electron chi connectivity index (χ0n) is 33.7. The van der Waals surface area contributed by atoms with Crippen LogP contribution in [0.5, 0.6) is 0 Å². The fraction of sp³-hybridized carbons (Fsp3) is 0.717. The summed E-state index contributed by atoms with van der Waals surface area (Å²) in [7, 11) is 1.55. The fourth-order valence-corrected chi connectivity index (χ4v) is 13.8. The number of methoxy groups -OCH3 is 1. The predicted octanol–water partition coefficient (Wildman–Crippen LogP) is 8.99. The second-order valence-corrected chi connectivity index (χ2v) is 19.8. The third-order valence-corrected chi connectivity index (χ3v) is 16.9. The second kappa shape index (κ2) is 13.5. The molecule has 0 saturated heterocycles. The Morgan fingerprint density at radius 1 is 0.925 bits per heavy atom. The summed E-state index contributed by atoms with van der Waals surface area (Å²) >= 11 is 0. The third-order valence-electron chi connectivity index (χ3n) is 16.9. The lowest BCUT2D eigenvalue weighted by Crippen LogP contribution is -2.64. The number of aliphatic hydroxyl groups excluding tert-OH is 1. The lowest BCUT2D eigenvalue weighted by atomic mass is 9.33. The predicted molar refractivity (Wildman–Crippen MR) is 208 cm³/mol. The maximum Gasteiger partial charge on any atom is 0.335 e. The van der Waals surface area contributed by atoms with Gasteiger partial charge in [-0.15, -0.1) is 0 Å². The number of carbonyl (C=O) groups is 3. The number of hydrogen-bond donors (Lipinski definition) is 2. The van der Waals surface area contributed by atoms with Gasteiger partial charge in [0.05, 0.1) is 11.7 Å². The molecule has 7 nitrogen and oxygen atoms in total. The summed E-state index contributed by atoms with van der Waals surface area (Å²) in [4.78, 5) is 41.0. The van der Waals surface area contributed by atoms with E-state index in [9.17, 15) is 24.6 Å². The molecule has 6 aliphatic rings. The number of aromatic carboxylic acids is 1. The highest BCUT2D eigenvalue weighted by atomic mass is 16.5. The number of hydrogen-bond acceptors (Lipinski definition) is 5. The molecule has 0 bridgehead atoms. The number of ketones is 1. The van der Waals surface area contributed by atoms with Crippen molar-refractivity contribution >= 4 is 23.2 Å². The first-order valence-electron chi connectivity index (χ1n) is 20.7. The molecule has 290 valence electrons. The van der Waals surface area contributed by atoms with Gasteiger partial charge in [-0.3, -0.25) is 9.59 Å². The molecule has 0 radical (unpaired) electrons. The molecule has 1 amide bonds. The molecule has 7 rings (SSSR count). The number of amides is 1. The molecular weight excluding hydrogens is 663 g/mol. The van der Waals surface area contributed by atoms with Crippen molar-refractivity contribution < 1.29 is 29.3 Å². The Morgan fingerprint density at radius 3 is 2.23 bits per heavy atom. The van der Waals surface area contributed by atoms with Crippen LogP contribution >= 0.6 is 0 Å². The average Bonchev–Trinajstić information content (AvgIpc) is 3.39. The standard InChI is InChI=1S/C46H65NO6/c1-28(2)39-34(48)24-46(37(49)26-47(38(50)27-53-8)25-29-10-9-11-29)23-22-44(6)33(40(39)46)16-17-36-43(5)20-18-32(30-12-14-31(15-13-30)41(51)52)42(3,4)35(43)19-21-45(36,44)7/h12-15,18,28-29,33,35-37,49H,9-11,16-17,19-27H2,1-8H3,(H,51,52)/t33-,35+,36-,37+,43+,44-,45-,46+/m1/s1. The van der Waals surface area contributed by atoms with Gasteiger partial charge < -0.3 is 19.8 Å². The van der Waals surface area contributed by atoms with E-state index in [1.54, 1.807) is 19.2 Å². The van der Waals surface area contributed by atoms with Crippen molar-refractivity contribution in [1.29, 1.82) is 0 Å². The summed E-state index contributed by atoms with van der Waals surface area (Å²) in [6, 6.07) is 7.45. The van der Waals surface area contributed by atoms with Crippen LogP contribution in [0, 0.1) is 56.7 Å². The van der Waals surface area contributed by atoms with E-state index < -0.39 is 17.5 Å². The van der Waals surface area contributed by atoms with Crippen molar-refractivity contribution in [1.82, 2.24) is 4.90 Å². The van der Waals surface area contributed by atoms with Crippen LogP contribution in [-0.4, -0.2) is 65.7 Å². The van der Waals surface area contributed by atoms with Crippen molar-refractivity contribution in [2.24, 2.45) is 56.7 Å². The number of fused-ring (bicyclic) bond motifs is 7. The number of benzene rings is 1. The van der Waals surface area contributed by atoms with Gasteiger partial charge >= 0.3 is 5.97 Å². The highest BCUT2D eigenvalue weighted by Crippen LogP contribution is 2.77. The number of Topliss-reactive ketones (excluding diaryl/α,β-unsaturated/α-hetero) is 1. The summed E-state index contributed by atoms with van der Waals surface area (Å²) in [6.07, 6.45) is 12.6. The van der Waals surface area contributed by atoms with E-state index in [0.29, 0.717) is 36.3 Å². The number of nitrogens with zero attached hydrogens (tertiary/aromatic N) is 1. The van der Waals surface area contributed by atoms with Crippen molar-refractivity contribution in [2.45, 2.75) is 125 Å². The molecule has 0 heterocycles. The molecule has 53 heavy (non-hydrogen) atoms. The van der Waals surface area contributed by atoms with E-state index in [1.807, 2.05) is 17.0 Å². The van der Waals surface area contributed by atoms with Crippen LogP contribution in [-0.2, 0) is 14.3 Å². The maximum atomic E-state index is 14.2. The van der Waals surface area contributed by atoms with Crippen molar-refractivity contribution in [3.63, 3.8) is 0 Å². The largest absolute Gasteiger partial charge is 0.478 e. The number of aliphatic hydroxyl groups is 1. The van der Waals surface area contributed by atoms with E-state index in [1.165, 1.54) is 17.6 Å². The van der Waals surface area contributed by atoms with Crippen LogP contribution in [0.1, 0.15) is 135 Å². The van der Waals surface area contributed by atoms with E-state index >= 15 is 0 Å². The van der Waals surface area contributed by atoms with Gasteiger partial charge in [-0.2, -0.15) is 0 Å². The summed E-state index contributed by atoms with van der Waals surface area (Å²) in [5.41, 5.74) is 4.45. The van der Waals surface area contributed by atoms with Gasteiger partial charge in [0, 0.05) is 32.0 Å². The van der Waals surface area contributed by atoms with Gasteiger partial charge in [0.2, 0.25) is 5.91 Å². The van der Waals surface area contributed by atoms with Gasteiger partial charge in [-0.05, 0) is 138 Å². The van der Waals surface area contributed by atoms with Crippen molar-refractivity contribution in [3.05, 3.63) is 52.6 Å². The molecule has 0 unspecified atom stereocenters. The molecule has 2 N–H and O–H groups in total. The number of ether oxygens (including phenoxy) is 1. The topological polar surface area (TPSA) is 104 Å². The molecule has 1 aromatic rings. The van der Waals surface area contributed by atoms with Crippen LogP contribution < -0.4 is 0 Å². The molecule has 4 saturated carbocycles. The summed E-state index contributed by atoms with van der Waals surface area (Å²) in [5, 5.41) is 22.0. The fourth-order valence-electron chi connectivity index (χ4n) is 13.8. The highest BCUT2D eigenvalue weighted by Gasteiger charge is 2.70. The zero-order valence-corrected chi connectivity index (χ0v) is 33.7. The highest BCUT2D eigenvalue weighted by molar-refractivity contribution is 6.01. The van der Waals surface area contributed by atoms with E-state index in [2.05, 4.69) is 54.5 Å². The molecule has 6 aliphatic carbocycles. The first-order chi connectivity index (χ1) is 24.9. The molecular formula is C46H65NO6. The van der Waals surface area contributed by atoms with Crippen LogP contribution in [0.3, 0.4) is 0 Å². The number of carboxylic acids is 1. The number of carbonyl (C=O) groups excluding carboxylic acids is 2. The molecule has 4 fully saturated rings. The Bertz CT molecular complexity index is 1700. The van der Waals surface area contributed by atoms with E-state index in [4.69, 9.17) is 4.74 Å². The Labute approximate surface area is 318 Å². The smallest absolute Gasteiger partial charge is 0.335 e. The number of rotatable bonds is 10. The lowest BCUT2D eigenvalue weighted by Gasteiger charge is -2.71. The molecule has 0 spiro atoms. The van der Waals surface area contributed by atoms with Crippen LogP contribution in [0.25, 0.3) is 5.57 Å². The summed E-state index contributed by atoms with van der Waals surface area (Å²) in [6.45, 7) is 17.7. The minimum Gasteiger partial charge on any atom is -0.478 e. The Morgan fingerprint density at radius 2 is 1.62 bits per heavy atom. The minimum atomic E-state index is -0.896. The molecule has 0 aliphatic heterocycles. The lowest BCUT2D eigenvalue weighted by molar-refractivity contribution is -0.200. The monoisotopic (exact) mass is 727 g/mol. The first-order valence-corrected chi connectivity index (χ1v) is 20.7. The Hall–Kier alpha value is -2.77. The van der Waals surface area contributed by atoms with Crippen molar-refractivity contribution in [3.8, 4) is 0 Å². The van der Waals surface area contributed by atoms with E-state index in [-0.39, 0.29) is 58.3 Å². The number of allylic oxidation sites excluding steroid dienone is 3. The van der Waals surface area contributed by atoms with Crippen molar-refractivity contribution in [2.75, 3.05) is 26.8 Å².